The van der Waals surface area contributed by atoms with Crippen LogP contribution in [0.5, 0.6) is 0 Å². The number of nitrogen functional groups attached to an aromatic ring is 4. The normalized spacial score (nSPS) is 10.7. The van der Waals surface area contributed by atoms with Crippen LogP contribution >= 0.6 is 0 Å². The van der Waals surface area contributed by atoms with E-state index in [0.29, 0.717) is 33.9 Å². The van der Waals surface area contributed by atoms with Crippen molar-refractivity contribution >= 4 is 28.5 Å². The Morgan fingerprint density at radius 2 is 0.933 bits per heavy atom. The largest absolute Gasteiger partial charge is 0.399 e. The van der Waals surface area contributed by atoms with Gasteiger partial charge in [0.25, 0.3) is 0 Å². The van der Waals surface area contributed by atoms with Gasteiger partial charge in [-0.3, -0.25) is 4.79 Å². The predicted octanol–water partition coefficient (Wildman–Crippen LogP) is 4.58. The summed E-state index contributed by atoms with van der Waals surface area (Å²) in [6, 6.07) is 25.2. The van der Waals surface area contributed by atoms with Crippen LogP contribution in [0, 0.1) is 0 Å². The summed E-state index contributed by atoms with van der Waals surface area (Å²) in [5, 5.41) is 0. The molecule has 0 aliphatic heterocycles. The first-order valence-corrected chi connectivity index (χ1v) is 9.48. The van der Waals surface area contributed by atoms with Crippen LogP contribution < -0.4 is 22.9 Å². The Balaban J connectivity index is 1.99. The zero-order chi connectivity index (χ0) is 21.3. The SMILES string of the molecule is Nc1ccc(C(=O)c2ccc(N)c(-c3ccc(N)cc3)c2-c2ccc(N)cc2)cc1. The highest BCUT2D eigenvalue weighted by atomic mass is 16.1. The van der Waals surface area contributed by atoms with E-state index >= 15 is 0 Å². The molecule has 0 atom stereocenters. The van der Waals surface area contributed by atoms with E-state index in [-0.39, 0.29) is 5.78 Å². The zero-order valence-electron chi connectivity index (χ0n) is 16.3. The van der Waals surface area contributed by atoms with Gasteiger partial charge in [0.1, 0.15) is 0 Å². The van der Waals surface area contributed by atoms with Gasteiger partial charge < -0.3 is 22.9 Å². The number of benzene rings is 4. The third kappa shape index (κ3) is 3.56. The van der Waals surface area contributed by atoms with Crippen molar-refractivity contribution in [2.75, 3.05) is 22.9 Å². The van der Waals surface area contributed by atoms with Gasteiger partial charge in [-0.1, -0.05) is 24.3 Å². The minimum atomic E-state index is -0.112. The maximum Gasteiger partial charge on any atom is 0.193 e. The number of carbonyl (C=O) groups excluding carboxylic acids is 1. The van der Waals surface area contributed by atoms with Crippen LogP contribution in [0.1, 0.15) is 15.9 Å². The molecule has 148 valence electrons. The number of hydrogen-bond donors (Lipinski definition) is 4. The number of carbonyl (C=O) groups is 1. The Bertz CT molecular complexity index is 1210. The molecule has 0 heterocycles. The molecule has 5 nitrogen and oxygen atoms in total. The van der Waals surface area contributed by atoms with Gasteiger partial charge in [-0.2, -0.15) is 0 Å². The molecule has 0 radical (unpaired) electrons. The topological polar surface area (TPSA) is 121 Å². The summed E-state index contributed by atoms with van der Waals surface area (Å²) in [5.74, 6) is -0.112. The van der Waals surface area contributed by atoms with Gasteiger partial charge in [0.05, 0.1) is 0 Å². The van der Waals surface area contributed by atoms with E-state index in [1.165, 1.54) is 0 Å². The van der Waals surface area contributed by atoms with E-state index in [1.807, 2.05) is 48.5 Å². The lowest BCUT2D eigenvalue weighted by molar-refractivity contribution is 0.103. The second kappa shape index (κ2) is 7.64. The standard InChI is InChI=1S/C25H22N4O/c26-18-7-1-15(2-8-18)23-21(25(30)17-5-11-20(28)12-6-17)13-14-22(29)24(23)16-3-9-19(27)10-4-16/h1-14H,26-29H2. The molecule has 4 aromatic carbocycles. The van der Waals surface area contributed by atoms with Gasteiger partial charge >= 0.3 is 0 Å². The van der Waals surface area contributed by atoms with Crippen LogP contribution in [0.3, 0.4) is 0 Å². The van der Waals surface area contributed by atoms with Gasteiger partial charge in [0.2, 0.25) is 0 Å². The van der Waals surface area contributed by atoms with Gasteiger partial charge in [-0.25, -0.2) is 0 Å². The lowest BCUT2D eigenvalue weighted by atomic mass is 9.86. The molecule has 4 aromatic rings. The molecule has 0 spiro atoms. The average molecular weight is 394 g/mol. The summed E-state index contributed by atoms with van der Waals surface area (Å²) < 4.78 is 0. The Labute approximate surface area is 174 Å². The Hall–Kier alpha value is -4.25. The Morgan fingerprint density at radius 3 is 1.43 bits per heavy atom. The molecule has 0 fully saturated rings. The molecule has 0 aliphatic rings. The summed E-state index contributed by atoms with van der Waals surface area (Å²) in [7, 11) is 0. The smallest absolute Gasteiger partial charge is 0.193 e. The molecular weight excluding hydrogens is 372 g/mol. The van der Waals surface area contributed by atoms with Crippen molar-refractivity contribution in [2.24, 2.45) is 0 Å². The van der Waals surface area contributed by atoms with Crippen molar-refractivity contribution in [3.05, 3.63) is 96.1 Å². The van der Waals surface area contributed by atoms with E-state index in [9.17, 15) is 4.79 Å². The fraction of sp³-hybridized carbons (Fsp3) is 0. The van der Waals surface area contributed by atoms with Crippen molar-refractivity contribution in [2.45, 2.75) is 0 Å². The molecule has 4 rings (SSSR count). The molecule has 0 aromatic heterocycles. The van der Waals surface area contributed by atoms with E-state index in [0.717, 1.165) is 22.3 Å². The van der Waals surface area contributed by atoms with Gasteiger partial charge in [0.15, 0.2) is 5.78 Å². The fourth-order valence-electron chi connectivity index (χ4n) is 3.51. The molecule has 0 saturated carbocycles. The third-order valence-corrected chi connectivity index (χ3v) is 5.05. The highest BCUT2D eigenvalue weighted by Crippen LogP contribution is 2.40. The van der Waals surface area contributed by atoms with Gasteiger partial charge in [0, 0.05) is 45.0 Å². The van der Waals surface area contributed by atoms with E-state index in [1.54, 1.807) is 36.4 Å². The lowest BCUT2D eigenvalue weighted by Crippen LogP contribution is -2.07. The second-order valence-corrected chi connectivity index (χ2v) is 7.15. The lowest BCUT2D eigenvalue weighted by Gasteiger charge is -2.18. The molecule has 0 aliphatic carbocycles. The maximum absolute atomic E-state index is 13.4. The average Bonchev–Trinajstić information content (AvgIpc) is 2.75. The highest BCUT2D eigenvalue weighted by molar-refractivity contribution is 6.16. The van der Waals surface area contributed by atoms with Crippen LogP contribution in [-0.4, -0.2) is 5.78 Å². The number of nitrogens with two attached hydrogens (primary N) is 4. The minimum Gasteiger partial charge on any atom is -0.399 e. The first kappa shape index (κ1) is 19.1. The number of rotatable bonds is 4. The summed E-state index contributed by atoms with van der Waals surface area (Å²) in [6.45, 7) is 0. The van der Waals surface area contributed by atoms with E-state index < -0.39 is 0 Å². The second-order valence-electron chi connectivity index (χ2n) is 7.15. The van der Waals surface area contributed by atoms with Crippen LogP contribution in [0.25, 0.3) is 22.3 Å². The first-order chi connectivity index (χ1) is 14.4. The number of ketones is 1. The molecule has 30 heavy (non-hydrogen) atoms. The zero-order valence-corrected chi connectivity index (χ0v) is 16.3. The summed E-state index contributed by atoms with van der Waals surface area (Å²) in [4.78, 5) is 13.4. The van der Waals surface area contributed by atoms with Crippen molar-refractivity contribution in [3.63, 3.8) is 0 Å². The van der Waals surface area contributed by atoms with Crippen molar-refractivity contribution < 1.29 is 4.79 Å². The quantitative estimate of drug-likeness (QED) is 0.298. The number of hydrogen-bond acceptors (Lipinski definition) is 5. The van der Waals surface area contributed by atoms with E-state index in [2.05, 4.69) is 0 Å². The third-order valence-electron chi connectivity index (χ3n) is 5.05. The van der Waals surface area contributed by atoms with Crippen LogP contribution in [0.2, 0.25) is 0 Å². The van der Waals surface area contributed by atoms with Crippen LogP contribution in [-0.2, 0) is 0 Å². The van der Waals surface area contributed by atoms with Gasteiger partial charge in [-0.15, -0.1) is 0 Å². The van der Waals surface area contributed by atoms with Crippen LogP contribution in [0.4, 0.5) is 22.7 Å². The molecule has 8 N–H and O–H groups in total. The van der Waals surface area contributed by atoms with Crippen molar-refractivity contribution in [3.8, 4) is 22.3 Å². The Morgan fingerprint density at radius 1 is 0.500 bits per heavy atom. The van der Waals surface area contributed by atoms with Crippen molar-refractivity contribution in [1.29, 1.82) is 0 Å². The molecule has 0 saturated heterocycles. The first-order valence-electron chi connectivity index (χ1n) is 9.48. The highest BCUT2D eigenvalue weighted by Gasteiger charge is 2.21. The predicted molar refractivity (Wildman–Crippen MR) is 125 cm³/mol. The molecular formula is C25H22N4O. The minimum absolute atomic E-state index is 0.112. The molecule has 5 heteroatoms. The summed E-state index contributed by atoms with van der Waals surface area (Å²) in [6.07, 6.45) is 0. The number of anilines is 4. The summed E-state index contributed by atoms with van der Waals surface area (Å²) >= 11 is 0. The molecule has 0 unspecified atom stereocenters. The van der Waals surface area contributed by atoms with Crippen molar-refractivity contribution in [1.82, 2.24) is 0 Å². The molecule has 0 amide bonds. The van der Waals surface area contributed by atoms with Crippen LogP contribution in [0.15, 0.2) is 84.9 Å². The molecule has 0 bridgehead atoms. The maximum atomic E-state index is 13.4. The monoisotopic (exact) mass is 394 g/mol. The van der Waals surface area contributed by atoms with Gasteiger partial charge in [-0.05, 0) is 71.8 Å². The fourth-order valence-corrected chi connectivity index (χ4v) is 3.51. The Kier molecular flexibility index (Phi) is 4.86. The van der Waals surface area contributed by atoms with E-state index in [4.69, 9.17) is 22.9 Å². The summed E-state index contributed by atoms with van der Waals surface area (Å²) in [5.41, 5.74) is 30.8.